The molecule has 0 aliphatic rings. The summed E-state index contributed by atoms with van der Waals surface area (Å²) in [5.41, 5.74) is 4.49. The van der Waals surface area contributed by atoms with E-state index < -0.39 is 0 Å². The topological polar surface area (TPSA) is 24.9 Å². The highest BCUT2D eigenvalue weighted by Crippen LogP contribution is 2.35. The minimum atomic E-state index is -0.248. The van der Waals surface area contributed by atoms with Gasteiger partial charge in [-0.2, -0.15) is 0 Å². The third-order valence-electron chi connectivity index (χ3n) is 3.18. The Kier molecular flexibility index (Phi) is 3.57. The van der Waals surface area contributed by atoms with Gasteiger partial charge in [0.2, 0.25) is 0 Å². The number of fused-ring (bicyclic) bond motifs is 1. The fraction of sp³-hybridized carbons (Fsp3) is 0.357. The van der Waals surface area contributed by atoms with Crippen molar-refractivity contribution in [1.82, 2.24) is 4.98 Å². The fourth-order valence-corrected chi connectivity index (χ4v) is 2.67. The van der Waals surface area contributed by atoms with Crippen LogP contribution >= 0.6 is 15.9 Å². The number of aromatic nitrogens is 1. The first kappa shape index (κ1) is 13.3. The number of aryl methyl sites for hydroxylation is 2. The standard InChI is InChI=1S/C14H16BrFN2/c1-5-17-14-8(3)9(4)18-13-7(2)6-10(15)12(16)11(13)14/h6H,5H2,1-4H3,(H,17,18). The zero-order valence-electron chi connectivity index (χ0n) is 11.0. The number of anilines is 1. The predicted octanol–water partition coefficient (Wildman–Crippen LogP) is 4.49. The van der Waals surface area contributed by atoms with E-state index in [1.165, 1.54) is 0 Å². The number of rotatable bonds is 2. The van der Waals surface area contributed by atoms with Crippen molar-refractivity contribution in [1.29, 1.82) is 0 Å². The number of nitrogens with zero attached hydrogens (tertiary/aromatic N) is 1. The van der Waals surface area contributed by atoms with Crippen LogP contribution in [0.4, 0.5) is 10.1 Å². The maximum absolute atomic E-state index is 14.3. The Hall–Kier alpha value is -1.16. The zero-order chi connectivity index (χ0) is 13.4. The summed E-state index contributed by atoms with van der Waals surface area (Å²) in [4.78, 5) is 4.52. The summed E-state index contributed by atoms with van der Waals surface area (Å²) >= 11 is 3.26. The number of benzene rings is 1. The zero-order valence-corrected chi connectivity index (χ0v) is 12.6. The Morgan fingerprint density at radius 2 is 2.00 bits per heavy atom. The van der Waals surface area contributed by atoms with Crippen LogP contribution in [-0.4, -0.2) is 11.5 Å². The van der Waals surface area contributed by atoms with Gasteiger partial charge in [0.25, 0.3) is 0 Å². The average Bonchev–Trinajstić information content (AvgIpc) is 2.32. The highest BCUT2D eigenvalue weighted by atomic mass is 79.9. The highest BCUT2D eigenvalue weighted by molar-refractivity contribution is 9.10. The van der Waals surface area contributed by atoms with E-state index in [1.54, 1.807) is 6.07 Å². The normalized spacial score (nSPS) is 11.0. The molecule has 0 radical (unpaired) electrons. The van der Waals surface area contributed by atoms with Gasteiger partial charge in [-0.25, -0.2) is 4.39 Å². The molecule has 2 aromatic rings. The Bertz CT molecular complexity index is 623. The lowest BCUT2D eigenvalue weighted by Gasteiger charge is -2.16. The van der Waals surface area contributed by atoms with Crippen LogP contribution in [0.5, 0.6) is 0 Å². The Labute approximate surface area is 115 Å². The van der Waals surface area contributed by atoms with Crippen molar-refractivity contribution in [3.8, 4) is 0 Å². The molecule has 0 saturated carbocycles. The van der Waals surface area contributed by atoms with Gasteiger partial charge in [-0.3, -0.25) is 4.98 Å². The molecule has 0 spiro atoms. The summed E-state index contributed by atoms with van der Waals surface area (Å²) < 4.78 is 14.8. The summed E-state index contributed by atoms with van der Waals surface area (Å²) in [5.74, 6) is -0.248. The van der Waals surface area contributed by atoms with Crippen molar-refractivity contribution in [2.45, 2.75) is 27.7 Å². The molecule has 1 N–H and O–H groups in total. The lowest BCUT2D eigenvalue weighted by atomic mass is 10.0. The lowest BCUT2D eigenvalue weighted by Crippen LogP contribution is -2.05. The largest absolute Gasteiger partial charge is 0.384 e. The number of nitrogens with one attached hydrogen (secondary N) is 1. The first-order valence-electron chi connectivity index (χ1n) is 5.96. The van der Waals surface area contributed by atoms with E-state index in [2.05, 4.69) is 26.2 Å². The van der Waals surface area contributed by atoms with E-state index in [0.29, 0.717) is 9.86 Å². The van der Waals surface area contributed by atoms with Crippen LogP contribution in [0, 0.1) is 26.6 Å². The quantitative estimate of drug-likeness (QED) is 0.883. The van der Waals surface area contributed by atoms with Crippen molar-refractivity contribution in [2.75, 3.05) is 11.9 Å². The van der Waals surface area contributed by atoms with Gasteiger partial charge in [0, 0.05) is 12.2 Å². The molecule has 2 nitrogen and oxygen atoms in total. The van der Waals surface area contributed by atoms with E-state index in [-0.39, 0.29) is 5.82 Å². The number of pyridine rings is 1. The van der Waals surface area contributed by atoms with Gasteiger partial charge >= 0.3 is 0 Å². The van der Waals surface area contributed by atoms with Crippen LogP contribution in [0.1, 0.15) is 23.7 Å². The van der Waals surface area contributed by atoms with Gasteiger partial charge in [-0.1, -0.05) is 0 Å². The molecule has 2 rings (SSSR count). The molecule has 18 heavy (non-hydrogen) atoms. The monoisotopic (exact) mass is 310 g/mol. The molecule has 0 aliphatic carbocycles. The predicted molar refractivity (Wildman–Crippen MR) is 77.8 cm³/mol. The summed E-state index contributed by atoms with van der Waals surface area (Å²) in [6, 6.07) is 1.77. The fourth-order valence-electron chi connectivity index (χ4n) is 2.13. The summed E-state index contributed by atoms with van der Waals surface area (Å²) in [5, 5.41) is 3.83. The molecule has 0 amide bonds. The molecule has 0 saturated heterocycles. The maximum Gasteiger partial charge on any atom is 0.148 e. The van der Waals surface area contributed by atoms with Gasteiger partial charge < -0.3 is 5.32 Å². The van der Waals surface area contributed by atoms with Crippen molar-refractivity contribution in [3.05, 3.63) is 33.2 Å². The van der Waals surface area contributed by atoms with E-state index in [0.717, 1.165) is 34.6 Å². The average molecular weight is 311 g/mol. The van der Waals surface area contributed by atoms with Gasteiger partial charge in [0.15, 0.2) is 0 Å². The number of hydrogen-bond acceptors (Lipinski definition) is 2. The van der Waals surface area contributed by atoms with Crippen LogP contribution in [0.3, 0.4) is 0 Å². The maximum atomic E-state index is 14.3. The summed E-state index contributed by atoms with van der Waals surface area (Å²) in [6.45, 7) is 8.63. The molecular weight excluding hydrogens is 295 g/mol. The SMILES string of the molecule is CCNc1c(C)c(C)nc2c(C)cc(Br)c(F)c12. The smallest absolute Gasteiger partial charge is 0.148 e. The van der Waals surface area contributed by atoms with Crippen LogP contribution < -0.4 is 5.32 Å². The second-order valence-corrected chi connectivity index (χ2v) is 5.29. The van der Waals surface area contributed by atoms with Gasteiger partial charge in [-0.05, 0) is 60.8 Å². The second kappa shape index (κ2) is 4.84. The second-order valence-electron chi connectivity index (χ2n) is 4.44. The first-order chi connectivity index (χ1) is 8.47. The van der Waals surface area contributed by atoms with Crippen LogP contribution in [0.2, 0.25) is 0 Å². The minimum Gasteiger partial charge on any atom is -0.384 e. The van der Waals surface area contributed by atoms with E-state index in [9.17, 15) is 4.39 Å². The molecule has 1 heterocycles. The van der Waals surface area contributed by atoms with E-state index in [1.807, 2.05) is 27.7 Å². The van der Waals surface area contributed by atoms with Gasteiger partial charge in [0.05, 0.1) is 21.1 Å². The Balaban J connectivity index is 2.97. The molecule has 0 bridgehead atoms. The van der Waals surface area contributed by atoms with Crippen LogP contribution in [-0.2, 0) is 0 Å². The third kappa shape index (κ3) is 1.99. The molecule has 0 unspecified atom stereocenters. The Morgan fingerprint density at radius 1 is 1.33 bits per heavy atom. The van der Waals surface area contributed by atoms with Crippen LogP contribution in [0.25, 0.3) is 10.9 Å². The van der Waals surface area contributed by atoms with E-state index in [4.69, 9.17) is 0 Å². The molecule has 1 aromatic carbocycles. The van der Waals surface area contributed by atoms with Gasteiger partial charge in [0.1, 0.15) is 5.82 Å². The summed E-state index contributed by atoms with van der Waals surface area (Å²) in [7, 11) is 0. The summed E-state index contributed by atoms with van der Waals surface area (Å²) in [6.07, 6.45) is 0. The molecule has 1 aromatic heterocycles. The molecule has 0 atom stereocenters. The third-order valence-corrected chi connectivity index (χ3v) is 3.76. The van der Waals surface area contributed by atoms with Crippen molar-refractivity contribution >= 4 is 32.5 Å². The van der Waals surface area contributed by atoms with Gasteiger partial charge in [-0.15, -0.1) is 0 Å². The van der Waals surface area contributed by atoms with Crippen LogP contribution in [0.15, 0.2) is 10.5 Å². The van der Waals surface area contributed by atoms with E-state index >= 15 is 0 Å². The van der Waals surface area contributed by atoms with Crippen molar-refractivity contribution in [2.24, 2.45) is 0 Å². The highest BCUT2D eigenvalue weighted by Gasteiger charge is 2.16. The number of hydrogen-bond donors (Lipinski definition) is 1. The molecule has 0 fully saturated rings. The minimum absolute atomic E-state index is 0.248. The molecule has 96 valence electrons. The molecule has 4 heteroatoms. The molecule has 0 aliphatic heterocycles. The molecular formula is C14H16BrFN2. The lowest BCUT2D eigenvalue weighted by molar-refractivity contribution is 0.632. The van der Waals surface area contributed by atoms with Crippen molar-refractivity contribution < 1.29 is 4.39 Å². The number of halogens is 2. The Morgan fingerprint density at radius 3 is 2.61 bits per heavy atom. The van der Waals surface area contributed by atoms with Crippen molar-refractivity contribution in [3.63, 3.8) is 0 Å². The first-order valence-corrected chi connectivity index (χ1v) is 6.76.